The molecule has 114 valence electrons. The smallest absolute Gasteiger partial charge is 0.243 e. The van der Waals surface area contributed by atoms with Crippen molar-refractivity contribution in [2.75, 3.05) is 19.9 Å². The number of sulfonamides is 1. The van der Waals surface area contributed by atoms with Crippen LogP contribution < -0.4 is 10.5 Å². The van der Waals surface area contributed by atoms with E-state index >= 15 is 0 Å². The molecule has 2 N–H and O–H groups in total. The quantitative estimate of drug-likeness (QED) is 0.843. The van der Waals surface area contributed by atoms with Crippen molar-refractivity contribution in [3.63, 3.8) is 0 Å². The van der Waals surface area contributed by atoms with E-state index in [1.807, 2.05) is 0 Å². The first-order valence-corrected chi connectivity index (χ1v) is 8.21. The summed E-state index contributed by atoms with van der Waals surface area (Å²) in [5, 5.41) is 1.75. The molecule has 21 heavy (non-hydrogen) atoms. The third kappa shape index (κ3) is 3.14. The van der Waals surface area contributed by atoms with Crippen molar-refractivity contribution in [3.8, 4) is 5.75 Å². The Kier molecular flexibility index (Phi) is 4.45. The van der Waals surface area contributed by atoms with Gasteiger partial charge in [0.2, 0.25) is 10.0 Å². The van der Waals surface area contributed by atoms with E-state index in [9.17, 15) is 12.8 Å². The molecule has 0 unspecified atom stereocenters. The number of benzene rings is 1. The highest BCUT2D eigenvalue weighted by Gasteiger charge is 2.24. The highest BCUT2D eigenvalue weighted by molar-refractivity contribution is 7.89. The van der Waals surface area contributed by atoms with Crippen molar-refractivity contribution in [2.45, 2.75) is 11.4 Å². The molecule has 0 spiro atoms. The van der Waals surface area contributed by atoms with Crippen molar-refractivity contribution in [2.24, 2.45) is 0 Å². The Labute approximate surface area is 126 Å². The minimum atomic E-state index is -3.86. The van der Waals surface area contributed by atoms with E-state index in [0.717, 1.165) is 10.4 Å². The highest BCUT2D eigenvalue weighted by atomic mass is 32.2. The molecule has 0 fully saturated rings. The Bertz CT molecular complexity index is 709. The van der Waals surface area contributed by atoms with E-state index in [1.54, 1.807) is 10.9 Å². The van der Waals surface area contributed by atoms with Crippen molar-refractivity contribution < 1.29 is 17.5 Å². The number of nitrogens with zero attached hydrogens (tertiary/aromatic N) is 2. The number of anilines is 1. The fourth-order valence-electron chi connectivity index (χ4n) is 1.76. The number of methoxy groups -OCH3 is 1. The Morgan fingerprint density at radius 1 is 1.48 bits per heavy atom. The molecule has 0 aliphatic rings. The molecule has 6 nitrogen and oxygen atoms in total. The number of hydrogen-bond acceptors (Lipinski definition) is 6. The number of nitrogens with two attached hydrogens (primary N) is 1. The Morgan fingerprint density at radius 3 is 2.71 bits per heavy atom. The average Bonchev–Trinajstić information content (AvgIpc) is 2.91. The lowest BCUT2D eigenvalue weighted by Gasteiger charge is -2.17. The monoisotopic (exact) mass is 331 g/mol. The summed E-state index contributed by atoms with van der Waals surface area (Å²) in [5.74, 6) is -0.991. The van der Waals surface area contributed by atoms with Crippen LogP contribution in [0, 0.1) is 5.82 Å². The van der Waals surface area contributed by atoms with Gasteiger partial charge >= 0.3 is 0 Å². The zero-order chi connectivity index (χ0) is 15.6. The third-order valence-electron chi connectivity index (χ3n) is 2.83. The summed E-state index contributed by atoms with van der Waals surface area (Å²) >= 11 is 1.37. The van der Waals surface area contributed by atoms with Crippen LogP contribution in [0.15, 0.2) is 27.9 Å². The SMILES string of the molecule is COc1c(N)cc(S(=O)(=O)N(C)Cc2cscn2)cc1F. The largest absolute Gasteiger partial charge is 0.492 e. The van der Waals surface area contributed by atoms with Gasteiger partial charge in [0.05, 0.1) is 35.4 Å². The summed E-state index contributed by atoms with van der Waals surface area (Å²) in [6.45, 7) is 0.0966. The molecule has 0 radical (unpaired) electrons. The molecular formula is C12H14FN3O3S2. The van der Waals surface area contributed by atoms with Crippen LogP contribution in [0.2, 0.25) is 0 Å². The van der Waals surface area contributed by atoms with Crippen molar-refractivity contribution in [3.05, 3.63) is 34.5 Å². The summed E-state index contributed by atoms with van der Waals surface area (Å²) in [5.41, 5.74) is 7.77. The first kappa shape index (κ1) is 15.7. The molecule has 2 aromatic rings. The maximum atomic E-state index is 13.8. The van der Waals surface area contributed by atoms with Gasteiger partial charge in [-0.15, -0.1) is 11.3 Å². The molecule has 0 saturated carbocycles. The molecule has 0 atom stereocenters. The van der Waals surface area contributed by atoms with Gasteiger partial charge in [-0.3, -0.25) is 0 Å². The van der Waals surface area contributed by atoms with Crippen LogP contribution >= 0.6 is 11.3 Å². The van der Waals surface area contributed by atoms with Gasteiger partial charge in [0.15, 0.2) is 11.6 Å². The number of rotatable bonds is 5. The van der Waals surface area contributed by atoms with Crippen molar-refractivity contribution >= 4 is 27.0 Å². The van der Waals surface area contributed by atoms with Crippen LogP contribution in [-0.4, -0.2) is 31.9 Å². The van der Waals surface area contributed by atoms with E-state index < -0.39 is 15.8 Å². The summed E-state index contributed by atoms with van der Waals surface area (Å²) in [7, 11) is -1.21. The molecule has 2 rings (SSSR count). The van der Waals surface area contributed by atoms with Crippen LogP contribution in [0.3, 0.4) is 0 Å². The molecule has 9 heteroatoms. The standard InChI is InChI=1S/C12H14FN3O3S2/c1-16(5-8-6-20-7-15-8)21(17,18)9-3-10(13)12(19-2)11(14)4-9/h3-4,6-7H,5,14H2,1-2H3. The molecule has 0 aliphatic carbocycles. The van der Waals surface area contributed by atoms with Crippen molar-refractivity contribution in [1.82, 2.24) is 9.29 Å². The van der Waals surface area contributed by atoms with E-state index in [2.05, 4.69) is 4.98 Å². The minimum absolute atomic E-state index is 0.0712. The molecule has 0 aliphatic heterocycles. The van der Waals surface area contributed by atoms with Gasteiger partial charge in [-0.2, -0.15) is 4.31 Å². The zero-order valence-corrected chi connectivity index (χ0v) is 13.0. The van der Waals surface area contributed by atoms with Crippen LogP contribution in [0.1, 0.15) is 5.69 Å². The number of thiazole rings is 1. The van der Waals surface area contributed by atoms with Gasteiger partial charge in [0, 0.05) is 12.4 Å². The van der Waals surface area contributed by atoms with Gasteiger partial charge in [0.1, 0.15) is 0 Å². The van der Waals surface area contributed by atoms with Crippen LogP contribution in [-0.2, 0) is 16.6 Å². The number of nitrogen functional groups attached to an aromatic ring is 1. The topological polar surface area (TPSA) is 85.5 Å². The molecule has 1 aromatic heterocycles. The number of aromatic nitrogens is 1. The molecule has 0 bridgehead atoms. The second kappa shape index (κ2) is 5.96. The van der Waals surface area contributed by atoms with Crippen molar-refractivity contribution in [1.29, 1.82) is 0 Å². The average molecular weight is 331 g/mol. The predicted molar refractivity (Wildman–Crippen MR) is 78.1 cm³/mol. The zero-order valence-electron chi connectivity index (χ0n) is 11.4. The van der Waals surface area contributed by atoms with Crippen LogP contribution in [0.25, 0.3) is 0 Å². The maximum Gasteiger partial charge on any atom is 0.243 e. The summed E-state index contributed by atoms with van der Waals surface area (Å²) in [4.78, 5) is 3.79. The predicted octanol–water partition coefficient (Wildman–Crippen LogP) is 1.69. The third-order valence-corrected chi connectivity index (χ3v) is 5.24. The number of ether oxygens (including phenoxy) is 1. The second-order valence-electron chi connectivity index (χ2n) is 4.27. The number of halogens is 1. The highest BCUT2D eigenvalue weighted by Crippen LogP contribution is 2.29. The Balaban J connectivity index is 2.35. The lowest BCUT2D eigenvalue weighted by Crippen LogP contribution is -2.26. The molecule has 1 aromatic carbocycles. The summed E-state index contributed by atoms with van der Waals surface area (Å²) < 4.78 is 44.4. The van der Waals surface area contributed by atoms with E-state index in [-0.39, 0.29) is 22.9 Å². The van der Waals surface area contributed by atoms with Gasteiger partial charge in [-0.05, 0) is 12.1 Å². The van der Waals surface area contributed by atoms with E-state index in [1.165, 1.54) is 31.6 Å². The molecule has 1 heterocycles. The maximum absolute atomic E-state index is 13.8. The normalized spacial score (nSPS) is 11.8. The lowest BCUT2D eigenvalue weighted by atomic mass is 10.3. The lowest BCUT2D eigenvalue weighted by molar-refractivity contribution is 0.387. The molecule has 0 amide bonds. The summed E-state index contributed by atoms with van der Waals surface area (Å²) in [6.07, 6.45) is 0. The summed E-state index contributed by atoms with van der Waals surface area (Å²) in [6, 6.07) is 2.07. The Hall–Kier alpha value is -1.71. The van der Waals surface area contributed by atoms with Crippen LogP contribution in [0.4, 0.5) is 10.1 Å². The molecular weight excluding hydrogens is 317 g/mol. The molecule has 0 saturated heterocycles. The Morgan fingerprint density at radius 2 is 2.19 bits per heavy atom. The minimum Gasteiger partial charge on any atom is -0.492 e. The first-order chi connectivity index (χ1) is 9.86. The van der Waals surface area contributed by atoms with Crippen LogP contribution in [0.5, 0.6) is 5.75 Å². The first-order valence-electron chi connectivity index (χ1n) is 5.82. The van der Waals surface area contributed by atoms with Gasteiger partial charge < -0.3 is 10.5 Å². The van der Waals surface area contributed by atoms with Gasteiger partial charge in [-0.1, -0.05) is 0 Å². The fraction of sp³-hybridized carbons (Fsp3) is 0.250. The van der Waals surface area contributed by atoms with Gasteiger partial charge in [0.25, 0.3) is 0 Å². The second-order valence-corrected chi connectivity index (χ2v) is 7.03. The van der Waals surface area contributed by atoms with E-state index in [4.69, 9.17) is 10.5 Å². The number of hydrogen-bond donors (Lipinski definition) is 1. The van der Waals surface area contributed by atoms with Gasteiger partial charge in [-0.25, -0.2) is 17.8 Å². The van der Waals surface area contributed by atoms with E-state index in [0.29, 0.717) is 5.69 Å². The fourth-order valence-corrected chi connectivity index (χ4v) is 3.50.